The molecule has 11 heavy (non-hydrogen) atoms. The van der Waals surface area contributed by atoms with Gasteiger partial charge in [-0.25, -0.2) is 9.78 Å². The fourth-order valence-corrected chi connectivity index (χ4v) is 1.08. The summed E-state index contributed by atoms with van der Waals surface area (Å²) >= 11 is 0. The van der Waals surface area contributed by atoms with E-state index in [-0.39, 0.29) is 6.03 Å². The van der Waals surface area contributed by atoms with Crippen molar-refractivity contribution in [1.82, 2.24) is 15.3 Å². The summed E-state index contributed by atoms with van der Waals surface area (Å²) < 4.78 is 0. The van der Waals surface area contributed by atoms with Crippen LogP contribution in [0.2, 0.25) is 0 Å². The molecule has 1 saturated heterocycles. The fourth-order valence-electron chi connectivity index (χ4n) is 1.08. The van der Waals surface area contributed by atoms with Crippen molar-refractivity contribution in [3.8, 4) is 0 Å². The highest BCUT2D eigenvalue weighted by molar-refractivity contribution is 5.92. The lowest BCUT2D eigenvalue weighted by molar-refractivity contribution is 0.252. The number of aromatic nitrogens is 2. The molecule has 1 aliphatic rings. The number of hydrogen-bond donors (Lipinski definition) is 2. The lowest BCUT2D eigenvalue weighted by Crippen LogP contribution is -2.28. The molecule has 5 nitrogen and oxygen atoms in total. The van der Waals surface area contributed by atoms with Gasteiger partial charge in [-0.3, -0.25) is 4.90 Å². The lowest BCUT2D eigenvalue weighted by Gasteiger charge is -2.08. The SMILES string of the molecule is O=C1NCCN1c1ncc[nH]1. The summed E-state index contributed by atoms with van der Waals surface area (Å²) in [5.41, 5.74) is 0. The number of anilines is 1. The highest BCUT2D eigenvalue weighted by Crippen LogP contribution is 2.07. The minimum atomic E-state index is -0.0834. The molecule has 0 unspecified atom stereocenters. The first-order valence-corrected chi connectivity index (χ1v) is 3.42. The third-order valence-electron chi connectivity index (χ3n) is 1.60. The fraction of sp³-hybridized carbons (Fsp3) is 0.333. The standard InChI is InChI=1S/C6H8N4O/c11-6-9-3-4-10(6)5-7-1-2-8-5/h1-2H,3-4H2,(H,7,8)(H,9,11). The average molecular weight is 152 g/mol. The molecule has 0 saturated carbocycles. The summed E-state index contributed by atoms with van der Waals surface area (Å²) in [6, 6.07) is -0.0834. The van der Waals surface area contributed by atoms with Crippen molar-refractivity contribution < 1.29 is 4.79 Å². The molecule has 2 rings (SSSR count). The summed E-state index contributed by atoms with van der Waals surface area (Å²) in [7, 11) is 0. The van der Waals surface area contributed by atoms with E-state index in [1.54, 1.807) is 17.3 Å². The largest absolute Gasteiger partial charge is 0.336 e. The van der Waals surface area contributed by atoms with E-state index in [0.717, 1.165) is 0 Å². The van der Waals surface area contributed by atoms with E-state index in [1.165, 1.54) is 0 Å². The Hall–Kier alpha value is -1.52. The Morgan fingerprint density at radius 2 is 2.55 bits per heavy atom. The molecule has 5 heteroatoms. The second kappa shape index (κ2) is 2.26. The zero-order chi connectivity index (χ0) is 7.68. The van der Waals surface area contributed by atoms with Crippen molar-refractivity contribution in [3.05, 3.63) is 12.4 Å². The quantitative estimate of drug-likeness (QED) is 0.592. The van der Waals surface area contributed by atoms with E-state index in [2.05, 4.69) is 15.3 Å². The second-order valence-electron chi connectivity index (χ2n) is 2.30. The molecule has 0 aromatic carbocycles. The van der Waals surface area contributed by atoms with Crippen LogP contribution in [0.1, 0.15) is 0 Å². The topological polar surface area (TPSA) is 61.0 Å². The van der Waals surface area contributed by atoms with E-state index >= 15 is 0 Å². The maximum absolute atomic E-state index is 11.0. The minimum absolute atomic E-state index is 0.0834. The summed E-state index contributed by atoms with van der Waals surface area (Å²) in [4.78, 5) is 19.4. The first-order chi connectivity index (χ1) is 5.38. The number of hydrogen-bond acceptors (Lipinski definition) is 2. The molecule has 2 heterocycles. The van der Waals surface area contributed by atoms with Crippen molar-refractivity contribution >= 4 is 12.0 Å². The number of imidazole rings is 1. The van der Waals surface area contributed by atoms with Crippen LogP contribution in [-0.4, -0.2) is 29.1 Å². The molecule has 0 aliphatic carbocycles. The predicted octanol–water partition coefficient (Wildman–Crippen LogP) is -0.0607. The Morgan fingerprint density at radius 3 is 3.09 bits per heavy atom. The highest BCUT2D eigenvalue weighted by Gasteiger charge is 2.22. The zero-order valence-corrected chi connectivity index (χ0v) is 5.87. The van der Waals surface area contributed by atoms with Gasteiger partial charge in [0.05, 0.1) is 0 Å². The van der Waals surface area contributed by atoms with Crippen LogP contribution >= 0.6 is 0 Å². The Balaban J connectivity index is 2.23. The van der Waals surface area contributed by atoms with Gasteiger partial charge in [-0.2, -0.15) is 0 Å². The van der Waals surface area contributed by atoms with Crippen LogP contribution in [0.5, 0.6) is 0 Å². The van der Waals surface area contributed by atoms with Gasteiger partial charge >= 0.3 is 6.03 Å². The zero-order valence-electron chi connectivity index (χ0n) is 5.87. The van der Waals surface area contributed by atoms with Gasteiger partial charge in [0.1, 0.15) is 0 Å². The van der Waals surface area contributed by atoms with Gasteiger partial charge in [-0.05, 0) is 0 Å². The molecular formula is C6H8N4O. The first kappa shape index (κ1) is 6.21. The molecule has 1 aromatic rings. The van der Waals surface area contributed by atoms with E-state index in [1.807, 2.05) is 0 Å². The van der Waals surface area contributed by atoms with Crippen molar-refractivity contribution in [3.63, 3.8) is 0 Å². The van der Waals surface area contributed by atoms with Crippen LogP contribution in [0.25, 0.3) is 0 Å². The predicted molar refractivity (Wildman–Crippen MR) is 39.3 cm³/mol. The van der Waals surface area contributed by atoms with Crippen LogP contribution in [0.3, 0.4) is 0 Å². The maximum atomic E-state index is 11.0. The molecule has 1 fully saturated rings. The van der Waals surface area contributed by atoms with Gasteiger partial charge in [-0.1, -0.05) is 0 Å². The molecule has 1 aromatic heterocycles. The van der Waals surface area contributed by atoms with Crippen molar-refractivity contribution in [2.24, 2.45) is 0 Å². The third-order valence-corrected chi connectivity index (χ3v) is 1.60. The Bertz CT molecular complexity index is 256. The highest BCUT2D eigenvalue weighted by atomic mass is 16.2. The summed E-state index contributed by atoms with van der Waals surface area (Å²) in [6.07, 6.45) is 3.32. The number of H-pyrrole nitrogens is 1. The molecule has 58 valence electrons. The van der Waals surface area contributed by atoms with Crippen LogP contribution < -0.4 is 10.2 Å². The van der Waals surface area contributed by atoms with Crippen molar-refractivity contribution in [2.45, 2.75) is 0 Å². The molecule has 0 bridgehead atoms. The Morgan fingerprint density at radius 1 is 1.64 bits per heavy atom. The monoisotopic (exact) mass is 152 g/mol. The molecule has 0 spiro atoms. The summed E-state index contributed by atoms with van der Waals surface area (Å²) in [5.74, 6) is 0.611. The summed E-state index contributed by atoms with van der Waals surface area (Å²) in [5, 5.41) is 2.68. The smallest absolute Gasteiger partial charge is 0.324 e. The molecule has 0 radical (unpaired) electrons. The number of carbonyl (C=O) groups is 1. The van der Waals surface area contributed by atoms with Crippen molar-refractivity contribution in [1.29, 1.82) is 0 Å². The molecule has 1 aliphatic heterocycles. The van der Waals surface area contributed by atoms with Gasteiger partial charge in [0.15, 0.2) is 0 Å². The lowest BCUT2D eigenvalue weighted by atomic mass is 10.6. The number of urea groups is 1. The molecule has 0 atom stereocenters. The Kier molecular flexibility index (Phi) is 1.28. The molecule has 2 N–H and O–H groups in total. The van der Waals surface area contributed by atoms with Crippen LogP contribution in [0.15, 0.2) is 12.4 Å². The number of carbonyl (C=O) groups excluding carboxylic acids is 1. The molecular weight excluding hydrogens is 144 g/mol. The number of nitrogens with one attached hydrogen (secondary N) is 2. The van der Waals surface area contributed by atoms with Gasteiger partial charge in [0.2, 0.25) is 5.95 Å². The van der Waals surface area contributed by atoms with E-state index in [9.17, 15) is 4.79 Å². The first-order valence-electron chi connectivity index (χ1n) is 3.42. The van der Waals surface area contributed by atoms with Gasteiger partial charge < -0.3 is 10.3 Å². The number of nitrogens with zero attached hydrogens (tertiary/aromatic N) is 2. The van der Waals surface area contributed by atoms with Crippen LogP contribution in [0, 0.1) is 0 Å². The van der Waals surface area contributed by atoms with E-state index in [0.29, 0.717) is 19.0 Å². The second-order valence-corrected chi connectivity index (χ2v) is 2.30. The van der Waals surface area contributed by atoms with E-state index in [4.69, 9.17) is 0 Å². The Labute approximate surface area is 63.4 Å². The number of amides is 2. The number of aromatic amines is 1. The maximum Gasteiger partial charge on any atom is 0.324 e. The third kappa shape index (κ3) is 0.938. The van der Waals surface area contributed by atoms with Gasteiger partial charge in [-0.15, -0.1) is 0 Å². The van der Waals surface area contributed by atoms with Crippen LogP contribution in [0.4, 0.5) is 10.7 Å². The molecule has 2 amide bonds. The minimum Gasteiger partial charge on any atom is -0.336 e. The summed E-state index contributed by atoms with van der Waals surface area (Å²) in [6.45, 7) is 1.38. The van der Waals surface area contributed by atoms with Crippen molar-refractivity contribution in [2.75, 3.05) is 18.0 Å². The van der Waals surface area contributed by atoms with Gasteiger partial charge in [0, 0.05) is 25.5 Å². The number of rotatable bonds is 1. The van der Waals surface area contributed by atoms with Gasteiger partial charge in [0.25, 0.3) is 0 Å². The van der Waals surface area contributed by atoms with E-state index < -0.39 is 0 Å². The van der Waals surface area contributed by atoms with Crippen LogP contribution in [-0.2, 0) is 0 Å². The normalized spacial score (nSPS) is 17.1. The average Bonchev–Trinajstić information content (AvgIpc) is 2.55.